The Hall–Kier alpha value is -1.00. The van der Waals surface area contributed by atoms with Gasteiger partial charge in [-0.1, -0.05) is 19.1 Å². The summed E-state index contributed by atoms with van der Waals surface area (Å²) in [6.45, 7) is 6.85. The van der Waals surface area contributed by atoms with E-state index >= 15 is 0 Å². The summed E-state index contributed by atoms with van der Waals surface area (Å²) in [5.41, 5.74) is 0.302. The predicted octanol–water partition coefficient (Wildman–Crippen LogP) is 3.09. The Morgan fingerprint density at radius 1 is 1.33 bits per heavy atom. The fourth-order valence-corrected chi connectivity index (χ4v) is 2.20. The van der Waals surface area contributed by atoms with Crippen molar-refractivity contribution in [1.29, 1.82) is 0 Å². The highest BCUT2D eigenvalue weighted by atomic mass is 32.2. The molecule has 0 unspecified atom stereocenters. The summed E-state index contributed by atoms with van der Waals surface area (Å²) in [5, 5.41) is 9.26. The van der Waals surface area contributed by atoms with Crippen molar-refractivity contribution in [1.82, 2.24) is 4.90 Å². The van der Waals surface area contributed by atoms with Crippen molar-refractivity contribution in [2.24, 2.45) is 0 Å². The molecule has 100 valence electrons. The zero-order valence-corrected chi connectivity index (χ0v) is 12.3. The maximum atomic E-state index is 11.3. The van der Waals surface area contributed by atoms with Crippen molar-refractivity contribution < 1.29 is 9.90 Å². The first kappa shape index (κ1) is 15.1. The van der Waals surface area contributed by atoms with Crippen molar-refractivity contribution in [2.45, 2.75) is 37.8 Å². The van der Waals surface area contributed by atoms with Gasteiger partial charge in [0.25, 0.3) is 0 Å². The average molecular weight is 267 g/mol. The molecule has 1 rings (SSSR count). The van der Waals surface area contributed by atoms with Crippen LogP contribution in [-0.2, 0) is 11.3 Å². The second-order valence-electron chi connectivity index (χ2n) is 4.73. The number of benzene rings is 1. The Kier molecular flexibility index (Phi) is 5.23. The summed E-state index contributed by atoms with van der Waals surface area (Å²) in [6, 6.07) is 8.27. The Morgan fingerprint density at radius 3 is 2.28 bits per heavy atom. The monoisotopic (exact) mass is 267 g/mol. The lowest BCUT2D eigenvalue weighted by Gasteiger charge is -2.34. The van der Waals surface area contributed by atoms with Gasteiger partial charge in [-0.05, 0) is 44.3 Å². The first-order valence-corrected chi connectivity index (χ1v) is 7.25. The van der Waals surface area contributed by atoms with Gasteiger partial charge in [-0.15, -0.1) is 11.8 Å². The highest BCUT2D eigenvalue weighted by Gasteiger charge is 2.33. The molecule has 0 saturated heterocycles. The van der Waals surface area contributed by atoms with Crippen LogP contribution in [0.15, 0.2) is 29.2 Å². The van der Waals surface area contributed by atoms with E-state index in [1.165, 1.54) is 4.90 Å². The number of aliphatic carboxylic acids is 1. The number of thioether (sulfide) groups is 1. The molecule has 0 aliphatic carbocycles. The third kappa shape index (κ3) is 3.50. The maximum absolute atomic E-state index is 11.3. The Labute approximate surface area is 113 Å². The number of nitrogens with zero attached hydrogens (tertiary/aromatic N) is 1. The first-order chi connectivity index (χ1) is 8.41. The number of rotatable bonds is 6. The van der Waals surface area contributed by atoms with Crippen molar-refractivity contribution in [3.8, 4) is 0 Å². The lowest BCUT2D eigenvalue weighted by Crippen LogP contribution is -2.49. The summed E-state index contributed by atoms with van der Waals surface area (Å²) >= 11 is 1.70. The molecule has 3 nitrogen and oxygen atoms in total. The minimum absolute atomic E-state index is 0.657. The van der Waals surface area contributed by atoms with E-state index in [4.69, 9.17) is 0 Å². The first-order valence-electron chi connectivity index (χ1n) is 6.03. The second-order valence-corrected chi connectivity index (χ2v) is 5.61. The minimum atomic E-state index is -0.840. The normalized spacial score (nSPS) is 11.8. The highest BCUT2D eigenvalue weighted by molar-refractivity contribution is 7.98. The standard InChI is InChI=1S/C14H21NO2S/c1-5-15(14(2,3)13(16)17)10-11-6-8-12(18-4)9-7-11/h6-9H,5,10H2,1-4H3,(H,16,17). The van der Waals surface area contributed by atoms with Gasteiger partial charge in [-0.25, -0.2) is 0 Å². The molecule has 0 spiro atoms. The minimum Gasteiger partial charge on any atom is -0.480 e. The van der Waals surface area contributed by atoms with Crippen LogP contribution in [-0.4, -0.2) is 34.3 Å². The van der Waals surface area contributed by atoms with Gasteiger partial charge < -0.3 is 5.11 Å². The van der Waals surface area contributed by atoms with Crippen LogP contribution < -0.4 is 0 Å². The zero-order chi connectivity index (χ0) is 13.8. The molecule has 0 bridgehead atoms. The van der Waals surface area contributed by atoms with Gasteiger partial charge in [0, 0.05) is 11.4 Å². The van der Waals surface area contributed by atoms with Gasteiger partial charge >= 0.3 is 5.97 Å². The number of carboxylic acids is 1. The Balaban J connectivity index is 2.82. The fraction of sp³-hybridized carbons (Fsp3) is 0.500. The van der Waals surface area contributed by atoms with Gasteiger partial charge in [-0.3, -0.25) is 9.69 Å². The SMILES string of the molecule is CCN(Cc1ccc(SC)cc1)C(C)(C)C(=O)O. The summed E-state index contributed by atoms with van der Waals surface area (Å²) in [7, 11) is 0. The van der Waals surface area contributed by atoms with Gasteiger partial charge in [0.05, 0.1) is 0 Å². The van der Waals surface area contributed by atoms with E-state index < -0.39 is 11.5 Å². The van der Waals surface area contributed by atoms with Crippen LogP contribution in [0, 0.1) is 0 Å². The molecule has 1 aromatic rings. The molecule has 0 radical (unpaired) electrons. The molecule has 0 fully saturated rings. The average Bonchev–Trinajstić information content (AvgIpc) is 2.36. The van der Waals surface area contributed by atoms with Gasteiger partial charge in [0.2, 0.25) is 0 Å². The molecule has 0 amide bonds. The second kappa shape index (κ2) is 6.25. The zero-order valence-electron chi connectivity index (χ0n) is 11.4. The van der Waals surface area contributed by atoms with Crippen LogP contribution in [0.4, 0.5) is 0 Å². The molecule has 1 aromatic carbocycles. The van der Waals surface area contributed by atoms with Crippen molar-refractivity contribution in [3.63, 3.8) is 0 Å². The molecule has 0 atom stereocenters. The third-order valence-corrected chi connectivity index (χ3v) is 3.97. The number of carbonyl (C=O) groups is 1. The van der Waals surface area contributed by atoms with E-state index in [2.05, 4.69) is 24.3 Å². The van der Waals surface area contributed by atoms with Crippen molar-refractivity contribution in [3.05, 3.63) is 29.8 Å². The Bertz CT molecular complexity index is 401. The topological polar surface area (TPSA) is 40.5 Å². The van der Waals surface area contributed by atoms with Gasteiger partial charge in [0.15, 0.2) is 0 Å². The fourth-order valence-electron chi connectivity index (χ4n) is 1.79. The van der Waals surface area contributed by atoms with Crippen LogP contribution in [0.5, 0.6) is 0 Å². The molecule has 0 aromatic heterocycles. The lowest BCUT2D eigenvalue weighted by molar-refractivity contribution is -0.149. The van der Waals surface area contributed by atoms with E-state index in [0.717, 1.165) is 5.56 Å². The van der Waals surface area contributed by atoms with Crippen LogP contribution in [0.2, 0.25) is 0 Å². The Morgan fingerprint density at radius 2 is 1.89 bits per heavy atom. The molecular weight excluding hydrogens is 246 g/mol. The number of hydrogen-bond donors (Lipinski definition) is 1. The molecule has 1 N–H and O–H groups in total. The van der Waals surface area contributed by atoms with Gasteiger partial charge in [-0.2, -0.15) is 0 Å². The smallest absolute Gasteiger partial charge is 0.323 e. The number of carboxylic acid groups (broad SMARTS) is 1. The molecule has 0 aliphatic rings. The van der Waals surface area contributed by atoms with Crippen LogP contribution in [0.1, 0.15) is 26.3 Å². The number of hydrogen-bond acceptors (Lipinski definition) is 3. The van der Waals surface area contributed by atoms with E-state index in [-0.39, 0.29) is 0 Å². The molecular formula is C14H21NO2S. The number of likely N-dealkylation sites (N-methyl/N-ethyl adjacent to an activating group) is 1. The van der Waals surface area contributed by atoms with Crippen LogP contribution in [0.3, 0.4) is 0 Å². The summed E-state index contributed by atoms with van der Waals surface area (Å²) in [5.74, 6) is -0.787. The van der Waals surface area contributed by atoms with Crippen LogP contribution in [0.25, 0.3) is 0 Å². The van der Waals surface area contributed by atoms with Gasteiger partial charge in [0.1, 0.15) is 5.54 Å². The molecule has 4 heteroatoms. The lowest BCUT2D eigenvalue weighted by atomic mass is 10.0. The van der Waals surface area contributed by atoms with Crippen molar-refractivity contribution >= 4 is 17.7 Å². The summed E-state index contributed by atoms with van der Waals surface area (Å²) in [4.78, 5) is 14.5. The summed E-state index contributed by atoms with van der Waals surface area (Å²) < 4.78 is 0. The molecule has 0 heterocycles. The third-order valence-electron chi connectivity index (χ3n) is 3.23. The molecule has 18 heavy (non-hydrogen) atoms. The predicted molar refractivity (Wildman–Crippen MR) is 76.0 cm³/mol. The molecule has 0 aliphatic heterocycles. The van der Waals surface area contributed by atoms with Crippen LogP contribution >= 0.6 is 11.8 Å². The highest BCUT2D eigenvalue weighted by Crippen LogP contribution is 2.20. The van der Waals surface area contributed by atoms with E-state index in [1.807, 2.05) is 18.1 Å². The maximum Gasteiger partial charge on any atom is 0.323 e. The van der Waals surface area contributed by atoms with Crippen molar-refractivity contribution in [2.75, 3.05) is 12.8 Å². The molecule has 0 saturated carbocycles. The van der Waals surface area contributed by atoms with E-state index in [9.17, 15) is 9.90 Å². The van der Waals surface area contributed by atoms with E-state index in [1.54, 1.807) is 25.6 Å². The summed E-state index contributed by atoms with van der Waals surface area (Å²) in [6.07, 6.45) is 2.04. The largest absolute Gasteiger partial charge is 0.480 e. The quantitative estimate of drug-likeness (QED) is 0.804. The van der Waals surface area contributed by atoms with E-state index in [0.29, 0.717) is 13.1 Å².